The second kappa shape index (κ2) is 4.78. The summed E-state index contributed by atoms with van der Waals surface area (Å²) in [6.45, 7) is 6.23. The molecule has 4 saturated carbocycles. The van der Waals surface area contributed by atoms with Gasteiger partial charge in [0, 0.05) is 42.6 Å². The number of hydrogen-bond donors (Lipinski definition) is 1. The molecule has 4 fully saturated rings. The zero-order valence-corrected chi connectivity index (χ0v) is 15.1. The first-order valence-electron chi connectivity index (χ1n) is 9.48. The van der Waals surface area contributed by atoms with Gasteiger partial charge in [-0.1, -0.05) is 13.8 Å². The summed E-state index contributed by atoms with van der Waals surface area (Å²) in [7, 11) is 0. The van der Waals surface area contributed by atoms with E-state index in [0.29, 0.717) is 31.5 Å². The van der Waals surface area contributed by atoms with E-state index in [2.05, 4.69) is 6.92 Å². The van der Waals surface area contributed by atoms with Gasteiger partial charge in [0.1, 0.15) is 17.3 Å². The highest BCUT2D eigenvalue weighted by Gasteiger charge is 2.68. The molecule has 0 aromatic heterocycles. The van der Waals surface area contributed by atoms with Gasteiger partial charge in [0.15, 0.2) is 0 Å². The van der Waals surface area contributed by atoms with E-state index >= 15 is 0 Å². The van der Waals surface area contributed by atoms with E-state index in [1.165, 1.54) is 0 Å². The molecule has 2 N–H and O–H groups in total. The maximum absolute atomic E-state index is 13.2. The van der Waals surface area contributed by atoms with Crippen LogP contribution in [0.3, 0.4) is 0 Å². The van der Waals surface area contributed by atoms with E-state index in [1.54, 1.807) is 0 Å². The van der Waals surface area contributed by atoms with E-state index in [4.69, 9.17) is 5.73 Å². The van der Waals surface area contributed by atoms with Crippen molar-refractivity contribution in [2.75, 3.05) is 0 Å². The van der Waals surface area contributed by atoms with Gasteiger partial charge >= 0.3 is 0 Å². The van der Waals surface area contributed by atoms with Gasteiger partial charge in [0.05, 0.1) is 0 Å². The minimum atomic E-state index is -0.572. The summed E-state index contributed by atoms with van der Waals surface area (Å²) in [6.07, 6.45) is 4.65. The number of carbonyl (C=O) groups is 3. The average Bonchev–Trinajstić information content (AvgIpc) is 2.74. The predicted octanol–water partition coefficient (Wildman–Crippen LogP) is 2.67. The van der Waals surface area contributed by atoms with Gasteiger partial charge in [-0.05, 0) is 49.4 Å². The highest BCUT2D eigenvalue weighted by Crippen LogP contribution is 2.65. The summed E-state index contributed by atoms with van der Waals surface area (Å²) in [5.74, 6) is 1.12. The topological polar surface area (TPSA) is 77.2 Å². The first-order valence-corrected chi connectivity index (χ1v) is 9.48. The Hall–Kier alpha value is -1.03. The SMILES string of the molecule is C[C@]12CCC(=O)CC1CC(=O)C1C2CC(=O)[C@@]2(C)C1CC[C@]2(C)N. The Bertz CT molecular complexity index is 639. The lowest BCUT2D eigenvalue weighted by molar-refractivity contribution is -0.166. The van der Waals surface area contributed by atoms with Crippen LogP contribution < -0.4 is 5.73 Å². The number of carbonyl (C=O) groups excluding carboxylic acids is 3. The molecule has 0 bridgehead atoms. The summed E-state index contributed by atoms with van der Waals surface area (Å²) in [4.78, 5) is 38.2. The van der Waals surface area contributed by atoms with Crippen LogP contribution in [0.25, 0.3) is 0 Å². The van der Waals surface area contributed by atoms with Crippen LogP contribution in [0.4, 0.5) is 0 Å². The molecule has 4 aliphatic rings. The smallest absolute Gasteiger partial charge is 0.141 e. The summed E-state index contributed by atoms with van der Waals surface area (Å²) in [5, 5.41) is 0. The van der Waals surface area contributed by atoms with E-state index in [9.17, 15) is 14.4 Å². The van der Waals surface area contributed by atoms with Gasteiger partial charge in [-0.25, -0.2) is 0 Å². The number of hydrogen-bond acceptors (Lipinski definition) is 4. The number of nitrogens with two attached hydrogens (primary N) is 1. The van der Waals surface area contributed by atoms with Crippen LogP contribution in [0.15, 0.2) is 0 Å². The lowest BCUT2D eigenvalue weighted by atomic mass is 9.43. The second-order valence-electron chi connectivity index (χ2n) is 9.64. The third-order valence-electron chi connectivity index (χ3n) is 8.77. The fraction of sp³-hybridized carbons (Fsp3) is 0.850. The van der Waals surface area contributed by atoms with Crippen LogP contribution in [0.5, 0.6) is 0 Å². The summed E-state index contributed by atoms with van der Waals surface area (Å²) in [5.41, 5.74) is 5.40. The van der Waals surface area contributed by atoms with Gasteiger partial charge in [0.2, 0.25) is 0 Å². The van der Waals surface area contributed by atoms with E-state index in [1.807, 2.05) is 13.8 Å². The van der Waals surface area contributed by atoms with Crippen LogP contribution in [-0.2, 0) is 14.4 Å². The first-order chi connectivity index (χ1) is 11.1. The van der Waals surface area contributed by atoms with Gasteiger partial charge in [-0.3, -0.25) is 14.4 Å². The fourth-order valence-corrected chi connectivity index (χ4v) is 6.80. The average molecular weight is 331 g/mol. The maximum atomic E-state index is 13.2. The maximum Gasteiger partial charge on any atom is 0.141 e. The van der Waals surface area contributed by atoms with Crippen molar-refractivity contribution in [2.24, 2.45) is 40.2 Å². The number of rotatable bonds is 0. The summed E-state index contributed by atoms with van der Waals surface area (Å²) < 4.78 is 0. The molecule has 4 rings (SSSR count). The molecule has 7 atom stereocenters. The Morgan fingerprint density at radius 2 is 1.67 bits per heavy atom. The van der Waals surface area contributed by atoms with Gasteiger partial charge in [-0.15, -0.1) is 0 Å². The Balaban J connectivity index is 1.77. The van der Waals surface area contributed by atoms with Crippen LogP contribution in [0, 0.1) is 34.5 Å². The van der Waals surface area contributed by atoms with Gasteiger partial charge < -0.3 is 5.73 Å². The van der Waals surface area contributed by atoms with E-state index in [-0.39, 0.29) is 40.7 Å². The predicted molar refractivity (Wildman–Crippen MR) is 90.1 cm³/mol. The monoisotopic (exact) mass is 331 g/mol. The molecular formula is C20H29NO3. The van der Waals surface area contributed by atoms with Crippen molar-refractivity contribution >= 4 is 17.3 Å². The van der Waals surface area contributed by atoms with Crippen molar-refractivity contribution in [1.29, 1.82) is 0 Å². The third kappa shape index (κ3) is 1.81. The molecule has 4 aliphatic carbocycles. The van der Waals surface area contributed by atoms with Crippen LogP contribution in [-0.4, -0.2) is 22.9 Å². The molecule has 4 unspecified atom stereocenters. The quantitative estimate of drug-likeness (QED) is 0.740. The van der Waals surface area contributed by atoms with Crippen molar-refractivity contribution in [2.45, 2.75) is 71.3 Å². The lowest BCUT2D eigenvalue weighted by Crippen LogP contribution is -2.64. The fourth-order valence-electron chi connectivity index (χ4n) is 6.80. The minimum Gasteiger partial charge on any atom is -0.324 e. The van der Waals surface area contributed by atoms with Crippen molar-refractivity contribution in [1.82, 2.24) is 0 Å². The Kier molecular flexibility index (Phi) is 3.27. The highest BCUT2D eigenvalue weighted by molar-refractivity contribution is 5.93. The van der Waals surface area contributed by atoms with E-state index in [0.717, 1.165) is 19.3 Å². The molecule has 132 valence electrons. The zero-order chi connectivity index (χ0) is 17.5. The summed E-state index contributed by atoms with van der Waals surface area (Å²) in [6, 6.07) is 0. The molecule has 0 aliphatic heterocycles. The molecule has 0 aromatic carbocycles. The third-order valence-corrected chi connectivity index (χ3v) is 8.77. The molecule has 24 heavy (non-hydrogen) atoms. The second-order valence-corrected chi connectivity index (χ2v) is 9.64. The number of ketones is 3. The molecule has 0 spiro atoms. The van der Waals surface area contributed by atoms with Crippen molar-refractivity contribution in [3.8, 4) is 0 Å². The normalized spacial score (nSPS) is 54.2. The molecule has 4 nitrogen and oxygen atoms in total. The minimum absolute atomic E-state index is 0.0347. The molecule has 0 saturated heterocycles. The van der Waals surface area contributed by atoms with E-state index < -0.39 is 11.0 Å². The number of fused-ring (bicyclic) bond motifs is 5. The molecular weight excluding hydrogens is 302 g/mol. The zero-order valence-electron chi connectivity index (χ0n) is 15.1. The highest BCUT2D eigenvalue weighted by atomic mass is 16.1. The van der Waals surface area contributed by atoms with Gasteiger partial charge in [0.25, 0.3) is 0 Å². The standard InChI is InChI=1S/C20H29NO3/c1-18-6-4-12(22)8-11(18)9-15(23)17-13-5-7-19(2,21)20(13,3)16(24)10-14(17)18/h11,13-14,17H,4-10,21H2,1-3H3/t11?,13?,14?,17?,18-,19-,20+/m0/s1. The van der Waals surface area contributed by atoms with Crippen LogP contribution in [0.1, 0.15) is 65.7 Å². The molecule has 0 heterocycles. The van der Waals surface area contributed by atoms with Crippen molar-refractivity contribution in [3.63, 3.8) is 0 Å². The molecule has 0 radical (unpaired) electrons. The Labute approximate surface area is 143 Å². The Morgan fingerprint density at radius 3 is 2.38 bits per heavy atom. The largest absolute Gasteiger partial charge is 0.324 e. The lowest BCUT2D eigenvalue weighted by Gasteiger charge is -2.59. The van der Waals surface area contributed by atoms with Crippen molar-refractivity contribution < 1.29 is 14.4 Å². The first kappa shape index (κ1) is 16.4. The summed E-state index contributed by atoms with van der Waals surface area (Å²) >= 11 is 0. The Morgan fingerprint density at radius 1 is 0.958 bits per heavy atom. The van der Waals surface area contributed by atoms with Crippen molar-refractivity contribution in [3.05, 3.63) is 0 Å². The number of Topliss-reactive ketones (excluding diaryl/α,β-unsaturated/α-hetero) is 3. The van der Waals surface area contributed by atoms with Gasteiger partial charge in [-0.2, -0.15) is 0 Å². The van der Waals surface area contributed by atoms with Crippen LogP contribution >= 0.6 is 0 Å². The van der Waals surface area contributed by atoms with Crippen LogP contribution in [0.2, 0.25) is 0 Å². The molecule has 4 heteroatoms. The molecule has 0 aromatic rings. The molecule has 0 amide bonds.